The molecule has 0 unspecified atom stereocenters. The molecule has 4 heteroatoms. The minimum absolute atomic E-state index is 0.0595. The Kier molecular flexibility index (Phi) is 3.54. The fraction of sp³-hybridized carbons (Fsp3) is 0.444. The fourth-order valence-corrected chi connectivity index (χ4v) is 1.40. The van der Waals surface area contributed by atoms with Gasteiger partial charge in [0.15, 0.2) is 10.4 Å². The lowest BCUT2D eigenvalue weighted by atomic mass is 10.4. The minimum atomic E-state index is -0.0595. The monoisotopic (exact) mass is 245 g/mol. The zero-order chi connectivity index (χ0) is 9.84. The van der Waals surface area contributed by atoms with Gasteiger partial charge in [0.1, 0.15) is 0 Å². The summed E-state index contributed by atoms with van der Waals surface area (Å²) in [5, 5.41) is 0. The van der Waals surface area contributed by atoms with Crippen molar-refractivity contribution in [2.24, 2.45) is 0 Å². The Morgan fingerprint density at radius 2 is 2.08 bits per heavy atom. The maximum atomic E-state index is 11.6. The molecule has 0 spiro atoms. The van der Waals surface area contributed by atoms with Gasteiger partial charge in [0, 0.05) is 13.1 Å². The van der Waals surface area contributed by atoms with E-state index in [1.165, 1.54) is 0 Å². The lowest BCUT2D eigenvalue weighted by molar-refractivity contribution is 0.0739. The first-order valence-electron chi connectivity index (χ1n) is 4.23. The van der Waals surface area contributed by atoms with Crippen molar-refractivity contribution >= 4 is 21.8 Å². The third-order valence-electron chi connectivity index (χ3n) is 1.83. The van der Waals surface area contributed by atoms with Crippen molar-refractivity contribution in [3.8, 4) is 0 Å². The molecule has 1 aromatic heterocycles. The summed E-state index contributed by atoms with van der Waals surface area (Å²) in [5.74, 6) is 0.325. The van der Waals surface area contributed by atoms with Crippen LogP contribution in [0.3, 0.4) is 0 Å². The first-order chi connectivity index (χ1) is 6.19. The molecule has 0 aliphatic heterocycles. The smallest absolute Gasteiger partial charge is 0.289 e. The van der Waals surface area contributed by atoms with Crippen LogP contribution in [0.5, 0.6) is 0 Å². The minimum Gasteiger partial charge on any atom is -0.444 e. The second-order valence-electron chi connectivity index (χ2n) is 2.58. The maximum absolute atomic E-state index is 11.6. The Hall–Kier alpha value is -0.770. The van der Waals surface area contributed by atoms with Gasteiger partial charge in [0.25, 0.3) is 5.91 Å². The van der Waals surface area contributed by atoms with Crippen LogP contribution in [0.1, 0.15) is 24.4 Å². The summed E-state index contributed by atoms with van der Waals surface area (Å²) < 4.78 is 5.74. The van der Waals surface area contributed by atoms with Crippen molar-refractivity contribution in [3.63, 3.8) is 0 Å². The van der Waals surface area contributed by atoms with Crippen molar-refractivity contribution in [3.05, 3.63) is 22.6 Å². The van der Waals surface area contributed by atoms with E-state index in [1.807, 2.05) is 13.8 Å². The van der Waals surface area contributed by atoms with Crippen molar-refractivity contribution in [2.75, 3.05) is 13.1 Å². The van der Waals surface area contributed by atoms with Crippen LogP contribution in [0.2, 0.25) is 0 Å². The summed E-state index contributed by atoms with van der Waals surface area (Å²) in [6, 6.07) is 3.39. The maximum Gasteiger partial charge on any atom is 0.289 e. The van der Waals surface area contributed by atoms with Crippen LogP contribution in [0.4, 0.5) is 0 Å². The van der Waals surface area contributed by atoms with Gasteiger partial charge in [0.05, 0.1) is 0 Å². The molecule has 3 nitrogen and oxygen atoms in total. The zero-order valence-corrected chi connectivity index (χ0v) is 9.30. The number of carbonyl (C=O) groups excluding carboxylic acids is 1. The largest absolute Gasteiger partial charge is 0.444 e. The number of rotatable bonds is 3. The van der Waals surface area contributed by atoms with Gasteiger partial charge in [-0.15, -0.1) is 0 Å². The third kappa shape index (κ3) is 2.34. The Morgan fingerprint density at radius 1 is 1.46 bits per heavy atom. The molecule has 0 saturated heterocycles. The van der Waals surface area contributed by atoms with Gasteiger partial charge in [-0.1, -0.05) is 0 Å². The van der Waals surface area contributed by atoms with Gasteiger partial charge in [-0.2, -0.15) is 0 Å². The SMILES string of the molecule is CCN(CC)C(=O)c1ccc(Br)o1. The highest BCUT2D eigenvalue weighted by Crippen LogP contribution is 2.15. The molecule has 1 heterocycles. The van der Waals surface area contributed by atoms with Gasteiger partial charge in [-0.05, 0) is 41.9 Å². The van der Waals surface area contributed by atoms with Crippen LogP contribution in [-0.4, -0.2) is 23.9 Å². The normalized spacial score (nSPS) is 10.1. The molecule has 1 amide bonds. The second-order valence-corrected chi connectivity index (χ2v) is 3.36. The number of hydrogen-bond donors (Lipinski definition) is 0. The van der Waals surface area contributed by atoms with E-state index in [1.54, 1.807) is 17.0 Å². The van der Waals surface area contributed by atoms with E-state index in [9.17, 15) is 4.79 Å². The summed E-state index contributed by atoms with van der Waals surface area (Å²) in [7, 11) is 0. The van der Waals surface area contributed by atoms with Crippen LogP contribution in [-0.2, 0) is 0 Å². The highest BCUT2D eigenvalue weighted by atomic mass is 79.9. The number of halogens is 1. The Labute approximate surface area is 85.8 Å². The van der Waals surface area contributed by atoms with Gasteiger partial charge >= 0.3 is 0 Å². The second kappa shape index (κ2) is 4.46. The number of furan rings is 1. The summed E-state index contributed by atoms with van der Waals surface area (Å²) in [6.07, 6.45) is 0. The highest BCUT2D eigenvalue weighted by Gasteiger charge is 2.15. The number of amides is 1. The highest BCUT2D eigenvalue weighted by molar-refractivity contribution is 9.10. The van der Waals surface area contributed by atoms with Gasteiger partial charge in [-0.3, -0.25) is 4.79 Å². The van der Waals surface area contributed by atoms with Crippen LogP contribution in [0.15, 0.2) is 21.2 Å². The average Bonchev–Trinajstić information content (AvgIpc) is 2.54. The molecule has 72 valence electrons. The fourth-order valence-electron chi connectivity index (χ4n) is 1.10. The Morgan fingerprint density at radius 3 is 2.46 bits per heavy atom. The first-order valence-corrected chi connectivity index (χ1v) is 5.03. The molecule has 0 atom stereocenters. The van der Waals surface area contributed by atoms with Crippen LogP contribution in [0.25, 0.3) is 0 Å². The summed E-state index contributed by atoms with van der Waals surface area (Å²) >= 11 is 3.16. The molecule has 0 aromatic carbocycles. The molecule has 0 aliphatic rings. The molecule has 13 heavy (non-hydrogen) atoms. The average molecular weight is 246 g/mol. The zero-order valence-electron chi connectivity index (χ0n) is 7.71. The van der Waals surface area contributed by atoms with Crippen LogP contribution in [0, 0.1) is 0 Å². The lowest BCUT2D eigenvalue weighted by Crippen LogP contribution is -2.30. The van der Waals surface area contributed by atoms with Crippen LogP contribution < -0.4 is 0 Å². The van der Waals surface area contributed by atoms with Gasteiger partial charge < -0.3 is 9.32 Å². The third-order valence-corrected chi connectivity index (χ3v) is 2.26. The van der Waals surface area contributed by atoms with Crippen LogP contribution >= 0.6 is 15.9 Å². The lowest BCUT2D eigenvalue weighted by Gasteiger charge is -2.16. The van der Waals surface area contributed by atoms with Crippen molar-refractivity contribution in [1.82, 2.24) is 4.90 Å². The van der Waals surface area contributed by atoms with Crippen molar-refractivity contribution in [1.29, 1.82) is 0 Å². The van der Waals surface area contributed by atoms with E-state index >= 15 is 0 Å². The molecule has 0 aliphatic carbocycles. The van der Waals surface area contributed by atoms with Gasteiger partial charge in [0.2, 0.25) is 0 Å². The molecule has 1 aromatic rings. The summed E-state index contributed by atoms with van der Waals surface area (Å²) in [6.45, 7) is 5.29. The molecular formula is C9H12BrNO2. The topological polar surface area (TPSA) is 33.5 Å². The Balaban J connectivity index is 2.78. The molecule has 0 radical (unpaired) electrons. The van der Waals surface area contributed by atoms with Crippen molar-refractivity contribution in [2.45, 2.75) is 13.8 Å². The predicted molar refractivity (Wildman–Crippen MR) is 53.7 cm³/mol. The van der Waals surface area contributed by atoms with E-state index < -0.39 is 0 Å². The quantitative estimate of drug-likeness (QED) is 0.821. The molecule has 0 saturated carbocycles. The number of nitrogens with zero attached hydrogens (tertiary/aromatic N) is 1. The molecule has 1 rings (SSSR count). The van der Waals surface area contributed by atoms with E-state index in [4.69, 9.17) is 4.42 Å². The predicted octanol–water partition coefficient (Wildman–Crippen LogP) is 2.52. The molecule has 0 fully saturated rings. The van der Waals surface area contributed by atoms with Crippen molar-refractivity contribution < 1.29 is 9.21 Å². The number of hydrogen-bond acceptors (Lipinski definition) is 2. The van der Waals surface area contributed by atoms with E-state index in [0.29, 0.717) is 23.5 Å². The standard InChI is InChI=1S/C9H12BrNO2/c1-3-11(4-2)9(12)7-5-6-8(10)13-7/h5-6H,3-4H2,1-2H3. The first kappa shape index (κ1) is 10.3. The number of carbonyl (C=O) groups is 1. The Bertz CT molecular complexity index is 292. The van der Waals surface area contributed by atoms with E-state index in [0.717, 1.165) is 0 Å². The van der Waals surface area contributed by atoms with Gasteiger partial charge in [-0.25, -0.2) is 0 Å². The summed E-state index contributed by atoms with van der Waals surface area (Å²) in [5.41, 5.74) is 0. The van der Waals surface area contributed by atoms with E-state index in [-0.39, 0.29) is 5.91 Å². The molecule has 0 bridgehead atoms. The molecular weight excluding hydrogens is 234 g/mol. The summed E-state index contributed by atoms with van der Waals surface area (Å²) in [4.78, 5) is 13.3. The molecule has 0 N–H and O–H groups in total. The van der Waals surface area contributed by atoms with E-state index in [2.05, 4.69) is 15.9 Å².